The number of hydrogen-bond acceptors (Lipinski definition) is 0. The van der Waals surface area contributed by atoms with Crippen molar-refractivity contribution in [1.82, 2.24) is 0 Å². The first-order valence-electron chi connectivity index (χ1n) is 6.52. The van der Waals surface area contributed by atoms with Gasteiger partial charge < -0.3 is 14.4 Å². The Morgan fingerprint density at radius 2 is 0.800 bits per heavy atom. The van der Waals surface area contributed by atoms with Gasteiger partial charge in [-0.1, -0.05) is 62.4 Å². The van der Waals surface area contributed by atoms with Crippen molar-refractivity contribution in [1.29, 1.82) is 0 Å². The number of benzene rings is 3. The van der Waals surface area contributed by atoms with Crippen molar-refractivity contribution in [3.8, 4) is 0 Å². The molecule has 3 aromatic rings. The van der Waals surface area contributed by atoms with Crippen LogP contribution >= 0.6 is 0 Å². The molecule has 3 rings (SSSR count). The predicted octanol–water partition coefficient (Wildman–Crippen LogP) is 6.31. The average Bonchev–Trinajstić information content (AvgIpc) is 2.49. The van der Waals surface area contributed by atoms with E-state index < -0.39 is 0 Å². The summed E-state index contributed by atoms with van der Waals surface area (Å²) in [5, 5.41) is 5.25. The molecule has 0 N–H and O–H groups in total. The average molecular weight is 341 g/mol. The Hall–Kier alpha value is -0.716. The Morgan fingerprint density at radius 1 is 0.600 bits per heavy atom. The van der Waals surface area contributed by atoms with E-state index in [1.165, 1.54) is 21.5 Å². The standard InChI is InChI=1S/C14H10.C2H6.C2H5.CH3.Y/c1-2-6-12-10-14-8-4-3-7-13(14)9-11(12)5-1;2*1-2;;/h1-10H;1-2H3;1H2,2H3;1H3;/q;;2*-1;. The summed E-state index contributed by atoms with van der Waals surface area (Å²) in [6.45, 7) is 9.00. The van der Waals surface area contributed by atoms with E-state index >= 15 is 0 Å². The van der Waals surface area contributed by atoms with Crippen LogP contribution in [0.15, 0.2) is 60.7 Å². The van der Waals surface area contributed by atoms with Gasteiger partial charge in [0.05, 0.1) is 0 Å². The first-order valence-corrected chi connectivity index (χ1v) is 6.52. The largest absolute Gasteiger partial charge is 0.358 e. The molecule has 0 saturated carbocycles. The number of rotatable bonds is 0. The molecule has 1 radical (unpaired) electrons. The molecule has 0 heterocycles. The molecule has 0 nitrogen and oxygen atoms in total. The molecule has 3 aromatic carbocycles. The molecule has 0 aromatic heterocycles. The quantitative estimate of drug-likeness (QED) is 0.332. The van der Waals surface area contributed by atoms with Crippen LogP contribution in [-0.2, 0) is 32.7 Å². The van der Waals surface area contributed by atoms with Crippen molar-refractivity contribution in [3.63, 3.8) is 0 Å². The Labute approximate surface area is 149 Å². The molecular formula is C19H24Y-2. The van der Waals surface area contributed by atoms with Crippen molar-refractivity contribution < 1.29 is 32.7 Å². The van der Waals surface area contributed by atoms with Crippen LogP contribution in [0.25, 0.3) is 21.5 Å². The Kier molecular flexibility index (Phi) is 13.0. The summed E-state index contributed by atoms with van der Waals surface area (Å²) >= 11 is 0. The molecule has 0 saturated heterocycles. The molecule has 0 aliphatic heterocycles. The van der Waals surface area contributed by atoms with Gasteiger partial charge in [0.1, 0.15) is 0 Å². The minimum atomic E-state index is 0. The van der Waals surface area contributed by atoms with Crippen LogP contribution in [0.4, 0.5) is 0 Å². The molecular weight excluding hydrogens is 317 g/mol. The van der Waals surface area contributed by atoms with Gasteiger partial charge in [0.15, 0.2) is 0 Å². The summed E-state index contributed by atoms with van der Waals surface area (Å²) in [5.74, 6) is 0. The SMILES string of the molecule is CC.[CH2-]C.[CH3-].[Y].c1ccc2cc3ccccc3cc2c1. The fourth-order valence-electron chi connectivity index (χ4n) is 1.88. The van der Waals surface area contributed by atoms with Crippen molar-refractivity contribution in [3.05, 3.63) is 75.0 Å². The van der Waals surface area contributed by atoms with Gasteiger partial charge in [-0.15, -0.1) is 0 Å². The Bertz CT molecular complexity index is 494. The third kappa shape index (κ3) is 5.34. The Morgan fingerprint density at radius 3 is 1.00 bits per heavy atom. The van der Waals surface area contributed by atoms with E-state index in [-0.39, 0.29) is 40.1 Å². The van der Waals surface area contributed by atoms with E-state index in [9.17, 15) is 0 Å². The summed E-state index contributed by atoms with van der Waals surface area (Å²) in [6, 6.07) is 21.4. The minimum absolute atomic E-state index is 0. The molecule has 0 amide bonds. The zero-order valence-electron chi connectivity index (χ0n) is 13.1. The zero-order chi connectivity index (χ0) is 13.4. The van der Waals surface area contributed by atoms with Gasteiger partial charge >= 0.3 is 0 Å². The summed E-state index contributed by atoms with van der Waals surface area (Å²) in [6.07, 6.45) is 0. The first-order chi connectivity index (χ1) is 8.93. The molecule has 0 fully saturated rings. The molecule has 0 unspecified atom stereocenters. The van der Waals surface area contributed by atoms with Gasteiger partial charge in [-0.25, -0.2) is 0 Å². The molecule has 0 spiro atoms. The van der Waals surface area contributed by atoms with Gasteiger partial charge in [0, 0.05) is 32.7 Å². The van der Waals surface area contributed by atoms with Gasteiger partial charge in [-0.05, 0) is 33.7 Å². The molecule has 0 aliphatic rings. The second kappa shape index (κ2) is 12.1. The van der Waals surface area contributed by atoms with Crippen molar-refractivity contribution >= 4 is 21.5 Å². The van der Waals surface area contributed by atoms with Crippen LogP contribution in [0.5, 0.6) is 0 Å². The molecule has 105 valence electrons. The van der Waals surface area contributed by atoms with Gasteiger partial charge in [0.2, 0.25) is 0 Å². The monoisotopic (exact) mass is 341 g/mol. The van der Waals surface area contributed by atoms with Crippen LogP contribution < -0.4 is 0 Å². The van der Waals surface area contributed by atoms with E-state index in [4.69, 9.17) is 0 Å². The molecule has 0 atom stereocenters. The van der Waals surface area contributed by atoms with E-state index in [0.717, 1.165) is 0 Å². The van der Waals surface area contributed by atoms with E-state index in [1.807, 2.05) is 13.8 Å². The van der Waals surface area contributed by atoms with Crippen LogP contribution in [0.3, 0.4) is 0 Å². The molecule has 0 aliphatic carbocycles. The minimum Gasteiger partial charge on any atom is -0.358 e. The fourth-order valence-corrected chi connectivity index (χ4v) is 1.88. The van der Waals surface area contributed by atoms with E-state index in [1.54, 1.807) is 6.92 Å². The topological polar surface area (TPSA) is 0 Å². The van der Waals surface area contributed by atoms with Crippen LogP contribution in [0, 0.1) is 14.4 Å². The summed E-state index contributed by atoms with van der Waals surface area (Å²) in [7, 11) is 0. The maximum atomic E-state index is 3.25. The third-order valence-electron chi connectivity index (χ3n) is 2.61. The normalized spacial score (nSPS) is 8.20. The van der Waals surface area contributed by atoms with Gasteiger partial charge in [-0.2, -0.15) is 6.92 Å². The summed E-state index contributed by atoms with van der Waals surface area (Å²) in [5.41, 5.74) is 0. The maximum absolute atomic E-state index is 3.25. The zero-order valence-corrected chi connectivity index (χ0v) is 15.9. The second-order valence-corrected chi connectivity index (χ2v) is 3.55. The predicted molar refractivity (Wildman–Crippen MR) is 90.2 cm³/mol. The van der Waals surface area contributed by atoms with Crippen LogP contribution in [0.2, 0.25) is 0 Å². The van der Waals surface area contributed by atoms with Crippen molar-refractivity contribution in [2.24, 2.45) is 0 Å². The number of fused-ring (bicyclic) bond motifs is 2. The van der Waals surface area contributed by atoms with Crippen molar-refractivity contribution in [2.45, 2.75) is 20.8 Å². The summed E-state index contributed by atoms with van der Waals surface area (Å²) in [4.78, 5) is 0. The molecule has 20 heavy (non-hydrogen) atoms. The van der Waals surface area contributed by atoms with Crippen LogP contribution in [0.1, 0.15) is 20.8 Å². The molecule has 1 heteroatoms. The van der Waals surface area contributed by atoms with Gasteiger partial charge in [-0.3, -0.25) is 0 Å². The fraction of sp³-hybridized carbons (Fsp3) is 0.158. The first kappa shape index (κ1) is 21.6. The number of hydrogen-bond donors (Lipinski definition) is 0. The smallest absolute Gasteiger partial charge is 0 e. The van der Waals surface area contributed by atoms with Crippen molar-refractivity contribution in [2.75, 3.05) is 0 Å². The van der Waals surface area contributed by atoms with Gasteiger partial charge in [0.25, 0.3) is 0 Å². The summed E-state index contributed by atoms with van der Waals surface area (Å²) < 4.78 is 0. The second-order valence-electron chi connectivity index (χ2n) is 3.55. The third-order valence-corrected chi connectivity index (χ3v) is 2.61. The maximum Gasteiger partial charge on any atom is 0 e. The van der Waals surface area contributed by atoms with E-state index in [0.29, 0.717) is 0 Å². The van der Waals surface area contributed by atoms with E-state index in [2.05, 4.69) is 67.6 Å². The molecule has 0 bridgehead atoms. The Balaban J connectivity index is 0. The van der Waals surface area contributed by atoms with Crippen LogP contribution in [-0.4, -0.2) is 0 Å².